The molecule has 1 aliphatic rings. The maximum atomic E-state index is 12.9. The Hall–Kier alpha value is -2.68. The molecule has 0 saturated carbocycles. The van der Waals surface area contributed by atoms with Crippen molar-refractivity contribution in [2.75, 3.05) is 36.4 Å². The molecule has 2 aromatic carbocycles. The largest absolute Gasteiger partial charge is 0.340 e. The molecular formula is C23H26ClN5O2S. The summed E-state index contributed by atoms with van der Waals surface area (Å²) in [4.78, 5) is 11.3. The normalized spacial score (nSPS) is 15.0. The van der Waals surface area contributed by atoms with Gasteiger partial charge in [0, 0.05) is 48.6 Å². The first kappa shape index (κ1) is 22.5. The fourth-order valence-corrected chi connectivity index (χ4v) is 5.35. The van der Waals surface area contributed by atoms with Gasteiger partial charge >= 0.3 is 0 Å². The van der Waals surface area contributed by atoms with Gasteiger partial charge in [-0.15, -0.1) is 0 Å². The zero-order valence-electron chi connectivity index (χ0n) is 18.1. The molecule has 0 spiro atoms. The van der Waals surface area contributed by atoms with Crippen LogP contribution in [-0.4, -0.2) is 48.9 Å². The number of piperazine rings is 1. The van der Waals surface area contributed by atoms with Gasteiger partial charge in [0.15, 0.2) is 0 Å². The number of aromatic nitrogens is 2. The summed E-state index contributed by atoms with van der Waals surface area (Å²) in [7, 11) is -3.42. The first-order valence-electron chi connectivity index (χ1n) is 10.5. The summed E-state index contributed by atoms with van der Waals surface area (Å²) in [5.74, 6) is 1.26. The highest BCUT2D eigenvalue weighted by Gasteiger charge is 2.28. The Morgan fingerprint density at radius 2 is 1.69 bits per heavy atom. The summed E-state index contributed by atoms with van der Waals surface area (Å²) in [5.41, 5.74) is 3.68. The van der Waals surface area contributed by atoms with Crippen LogP contribution < -0.4 is 10.2 Å². The van der Waals surface area contributed by atoms with E-state index in [0.29, 0.717) is 48.5 Å². The molecule has 7 nitrogen and oxygen atoms in total. The van der Waals surface area contributed by atoms with Crippen LogP contribution in [0.4, 0.5) is 17.5 Å². The second-order valence-electron chi connectivity index (χ2n) is 7.96. The van der Waals surface area contributed by atoms with Crippen LogP contribution in [0.1, 0.15) is 16.8 Å². The Morgan fingerprint density at radius 3 is 2.38 bits per heavy atom. The van der Waals surface area contributed by atoms with E-state index in [1.165, 1.54) is 9.87 Å². The lowest BCUT2D eigenvalue weighted by molar-refractivity contribution is 0.382. The lowest BCUT2D eigenvalue weighted by Crippen LogP contribution is -2.49. The van der Waals surface area contributed by atoms with Gasteiger partial charge in [-0.3, -0.25) is 0 Å². The van der Waals surface area contributed by atoms with Gasteiger partial charge in [-0.2, -0.15) is 9.29 Å². The zero-order chi connectivity index (χ0) is 22.7. The molecule has 1 aromatic heterocycles. The molecule has 9 heteroatoms. The average Bonchev–Trinajstić information content (AvgIpc) is 2.75. The Morgan fingerprint density at radius 1 is 0.969 bits per heavy atom. The van der Waals surface area contributed by atoms with Crippen molar-refractivity contribution in [3.63, 3.8) is 0 Å². The van der Waals surface area contributed by atoms with Crippen molar-refractivity contribution in [1.82, 2.24) is 14.3 Å². The van der Waals surface area contributed by atoms with Crippen LogP contribution >= 0.6 is 11.6 Å². The molecule has 0 radical (unpaired) electrons. The molecule has 0 amide bonds. The SMILES string of the molecule is Cc1ccc(Nc2cc(C)nc(N3CCN(S(=O)(=O)Cc4cccc(Cl)c4)CC3)n2)cc1. The highest BCUT2D eigenvalue weighted by atomic mass is 35.5. The molecule has 3 aromatic rings. The molecule has 1 aliphatic heterocycles. The predicted octanol–water partition coefficient (Wildman–Crippen LogP) is 4.14. The van der Waals surface area contributed by atoms with Gasteiger partial charge in [-0.25, -0.2) is 13.4 Å². The van der Waals surface area contributed by atoms with E-state index in [1.807, 2.05) is 49.1 Å². The standard InChI is InChI=1S/C23H26ClN5O2S/c1-17-6-8-21(9-7-17)26-22-14-18(2)25-23(27-22)28-10-12-29(13-11-28)32(30,31)16-19-4-3-5-20(24)15-19/h3-9,14-15H,10-13,16H2,1-2H3,(H,25,26,27). The van der Waals surface area contributed by atoms with E-state index in [0.717, 1.165) is 11.4 Å². The van der Waals surface area contributed by atoms with Crippen molar-refractivity contribution in [2.24, 2.45) is 0 Å². The van der Waals surface area contributed by atoms with E-state index in [2.05, 4.69) is 15.3 Å². The number of nitrogens with zero attached hydrogens (tertiary/aromatic N) is 4. The number of sulfonamides is 1. The van der Waals surface area contributed by atoms with E-state index >= 15 is 0 Å². The van der Waals surface area contributed by atoms with Crippen LogP contribution in [0.3, 0.4) is 0 Å². The van der Waals surface area contributed by atoms with Crippen LogP contribution in [-0.2, 0) is 15.8 Å². The molecule has 2 heterocycles. The number of anilines is 3. The summed E-state index contributed by atoms with van der Waals surface area (Å²) >= 11 is 6.00. The highest BCUT2D eigenvalue weighted by molar-refractivity contribution is 7.88. The monoisotopic (exact) mass is 471 g/mol. The van der Waals surface area contributed by atoms with Gasteiger partial charge in [0.2, 0.25) is 16.0 Å². The van der Waals surface area contributed by atoms with E-state index in [-0.39, 0.29) is 5.75 Å². The summed E-state index contributed by atoms with van der Waals surface area (Å²) < 4.78 is 27.3. The summed E-state index contributed by atoms with van der Waals surface area (Å²) in [6.07, 6.45) is 0. The number of aryl methyl sites for hydroxylation is 2. The van der Waals surface area contributed by atoms with E-state index in [9.17, 15) is 8.42 Å². The molecule has 0 atom stereocenters. The fourth-order valence-electron chi connectivity index (χ4n) is 3.64. The molecule has 1 saturated heterocycles. The lowest BCUT2D eigenvalue weighted by atomic mass is 10.2. The molecular weight excluding hydrogens is 446 g/mol. The van der Waals surface area contributed by atoms with Crippen molar-refractivity contribution < 1.29 is 8.42 Å². The number of benzene rings is 2. The Balaban J connectivity index is 1.42. The summed E-state index contributed by atoms with van der Waals surface area (Å²) in [5, 5.41) is 3.86. The van der Waals surface area contributed by atoms with Crippen molar-refractivity contribution in [3.05, 3.63) is 76.4 Å². The van der Waals surface area contributed by atoms with E-state index in [1.54, 1.807) is 24.3 Å². The number of hydrogen-bond acceptors (Lipinski definition) is 6. The Labute approximate surface area is 194 Å². The molecule has 1 fully saturated rings. The average molecular weight is 472 g/mol. The number of hydrogen-bond donors (Lipinski definition) is 1. The minimum Gasteiger partial charge on any atom is -0.340 e. The molecule has 168 valence electrons. The minimum atomic E-state index is -3.42. The van der Waals surface area contributed by atoms with Crippen LogP contribution in [0.15, 0.2) is 54.6 Å². The van der Waals surface area contributed by atoms with Crippen LogP contribution in [0.5, 0.6) is 0 Å². The van der Waals surface area contributed by atoms with Gasteiger partial charge in [0.25, 0.3) is 0 Å². The van der Waals surface area contributed by atoms with Gasteiger partial charge < -0.3 is 10.2 Å². The van der Waals surface area contributed by atoms with Gasteiger partial charge in [0.05, 0.1) is 5.75 Å². The molecule has 0 aliphatic carbocycles. The number of nitrogens with one attached hydrogen (secondary N) is 1. The minimum absolute atomic E-state index is 0.0564. The molecule has 1 N–H and O–H groups in total. The smallest absolute Gasteiger partial charge is 0.227 e. The van der Waals surface area contributed by atoms with Crippen molar-refractivity contribution in [1.29, 1.82) is 0 Å². The number of rotatable bonds is 6. The van der Waals surface area contributed by atoms with Gasteiger partial charge in [0.1, 0.15) is 5.82 Å². The lowest BCUT2D eigenvalue weighted by Gasteiger charge is -2.34. The van der Waals surface area contributed by atoms with Crippen LogP contribution in [0.2, 0.25) is 5.02 Å². The Kier molecular flexibility index (Phi) is 6.64. The van der Waals surface area contributed by atoms with E-state index < -0.39 is 10.0 Å². The first-order chi connectivity index (χ1) is 15.3. The maximum Gasteiger partial charge on any atom is 0.227 e. The fraction of sp³-hybridized carbons (Fsp3) is 0.304. The first-order valence-corrected chi connectivity index (χ1v) is 12.4. The van der Waals surface area contributed by atoms with Gasteiger partial charge in [-0.05, 0) is 43.7 Å². The third kappa shape index (κ3) is 5.56. The van der Waals surface area contributed by atoms with Crippen LogP contribution in [0.25, 0.3) is 0 Å². The van der Waals surface area contributed by atoms with Crippen molar-refractivity contribution in [2.45, 2.75) is 19.6 Å². The maximum absolute atomic E-state index is 12.9. The highest BCUT2D eigenvalue weighted by Crippen LogP contribution is 2.22. The van der Waals surface area contributed by atoms with Crippen molar-refractivity contribution in [3.8, 4) is 0 Å². The summed E-state index contributed by atoms with van der Waals surface area (Å²) in [6.45, 7) is 5.81. The van der Waals surface area contributed by atoms with Gasteiger partial charge in [-0.1, -0.05) is 41.4 Å². The topological polar surface area (TPSA) is 78.4 Å². The quantitative estimate of drug-likeness (QED) is 0.582. The third-order valence-corrected chi connectivity index (χ3v) is 7.40. The zero-order valence-corrected chi connectivity index (χ0v) is 19.7. The molecule has 0 unspecified atom stereocenters. The molecule has 32 heavy (non-hydrogen) atoms. The Bertz CT molecular complexity index is 1190. The molecule has 4 rings (SSSR count). The predicted molar refractivity (Wildman–Crippen MR) is 129 cm³/mol. The number of halogens is 1. The summed E-state index contributed by atoms with van der Waals surface area (Å²) in [6, 6.07) is 17.0. The van der Waals surface area contributed by atoms with Crippen molar-refractivity contribution >= 4 is 39.1 Å². The van der Waals surface area contributed by atoms with E-state index in [4.69, 9.17) is 11.6 Å². The second-order valence-corrected chi connectivity index (χ2v) is 10.4. The third-order valence-electron chi connectivity index (χ3n) is 5.32. The van der Waals surface area contributed by atoms with Crippen LogP contribution in [0, 0.1) is 13.8 Å². The molecule has 0 bridgehead atoms. The second kappa shape index (κ2) is 9.44.